The number of sulfonamides is 1. The summed E-state index contributed by atoms with van der Waals surface area (Å²) in [5.74, 6) is 0. The van der Waals surface area contributed by atoms with E-state index in [1.54, 1.807) is 24.3 Å². The maximum absolute atomic E-state index is 13.3. The lowest BCUT2D eigenvalue weighted by Gasteiger charge is -2.29. The molecule has 0 spiro atoms. The summed E-state index contributed by atoms with van der Waals surface area (Å²) in [6.45, 7) is 2.10. The first-order valence-electron chi connectivity index (χ1n) is 8.91. The number of aryl methyl sites for hydroxylation is 1. The smallest absolute Gasteiger partial charge is 0.265 e. The summed E-state index contributed by atoms with van der Waals surface area (Å²) < 4.78 is 27.1. The third kappa shape index (κ3) is 3.12. The fraction of sp³-hybridized carbons (Fsp3) is 0.136. The van der Waals surface area contributed by atoms with Crippen molar-refractivity contribution in [2.75, 3.05) is 6.54 Å². The van der Waals surface area contributed by atoms with E-state index in [9.17, 15) is 8.42 Å². The van der Waals surface area contributed by atoms with E-state index in [2.05, 4.69) is 0 Å². The number of nitrogens with zero attached hydrogens (tertiary/aromatic N) is 1. The van der Waals surface area contributed by atoms with Crippen LogP contribution in [0.1, 0.15) is 16.7 Å². The summed E-state index contributed by atoms with van der Waals surface area (Å²) in [5.41, 5.74) is 2.96. The minimum atomic E-state index is -3.80. The first kappa shape index (κ1) is 18.8. The van der Waals surface area contributed by atoms with Crippen molar-refractivity contribution < 1.29 is 8.42 Å². The first-order chi connectivity index (χ1) is 13.4. The molecule has 0 amide bonds. The molecule has 28 heavy (non-hydrogen) atoms. The predicted octanol–water partition coefficient (Wildman–Crippen LogP) is 4.61. The number of thioether (sulfide) groups is 1. The summed E-state index contributed by atoms with van der Waals surface area (Å²) >= 11 is 1.28. The van der Waals surface area contributed by atoms with Gasteiger partial charge >= 0.3 is 0 Å². The number of hydrogen-bond donors (Lipinski definition) is 1. The minimum Gasteiger partial charge on any atom is -0.278 e. The Hall–Kier alpha value is -2.57. The first-order valence-corrected chi connectivity index (χ1v) is 11.2. The molecule has 0 aromatic heterocycles. The number of hydrogen-bond acceptors (Lipinski definition) is 4. The van der Waals surface area contributed by atoms with E-state index in [4.69, 9.17) is 5.41 Å². The Kier molecular flexibility index (Phi) is 4.77. The fourth-order valence-corrected chi connectivity index (χ4v) is 6.44. The lowest BCUT2D eigenvalue weighted by molar-refractivity contribution is 0.507. The highest BCUT2D eigenvalue weighted by Crippen LogP contribution is 2.50. The highest BCUT2D eigenvalue weighted by atomic mass is 32.2. The molecular weight excluding hydrogens is 388 g/mol. The molecule has 0 saturated carbocycles. The van der Waals surface area contributed by atoms with E-state index >= 15 is 0 Å². The fourth-order valence-electron chi connectivity index (χ4n) is 3.44. The van der Waals surface area contributed by atoms with Crippen LogP contribution < -0.4 is 0 Å². The molecule has 0 radical (unpaired) electrons. The topological polar surface area (TPSA) is 61.2 Å². The normalized spacial score (nSPS) is 16.3. The molecule has 1 N–H and O–H groups in total. The Morgan fingerprint density at radius 2 is 1.36 bits per heavy atom. The van der Waals surface area contributed by atoms with E-state index in [-0.39, 0.29) is 16.6 Å². The third-order valence-electron chi connectivity index (χ3n) is 4.95. The maximum atomic E-state index is 13.3. The van der Waals surface area contributed by atoms with Crippen LogP contribution in [0.15, 0.2) is 89.8 Å². The molecule has 1 aliphatic heterocycles. The summed E-state index contributed by atoms with van der Waals surface area (Å²) in [4.78, 5) is 0.209. The number of benzene rings is 3. The quantitative estimate of drug-likeness (QED) is 0.686. The Bertz CT molecular complexity index is 1060. The van der Waals surface area contributed by atoms with Crippen LogP contribution in [0, 0.1) is 12.3 Å². The molecule has 4 nitrogen and oxygen atoms in total. The molecule has 1 heterocycles. The van der Waals surface area contributed by atoms with Crippen LogP contribution in [0.25, 0.3) is 0 Å². The van der Waals surface area contributed by atoms with Crippen LogP contribution in [0.2, 0.25) is 0 Å². The van der Waals surface area contributed by atoms with Gasteiger partial charge in [0.05, 0.1) is 16.2 Å². The second-order valence-corrected chi connectivity index (χ2v) is 9.94. The maximum Gasteiger partial charge on any atom is 0.265 e. The highest BCUT2D eigenvalue weighted by Gasteiger charge is 2.49. The lowest BCUT2D eigenvalue weighted by atomic mass is 9.90. The van der Waals surface area contributed by atoms with Gasteiger partial charge in [0.1, 0.15) is 0 Å². The second-order valence-electron chi connectivity index (χ2n) is 6.79. The summed E-state index contributed by atoms with van der Waals surface area (Å²) in [5, 5.41) is 8.55. The van der Waals surface area contributed by atoms with Gasteiger partial charge in [-0.3, -0.25) is 5.41 Å². The van der Waals surface area contributed by atoms with Crippen LogP contribution in [-0.4, -0.2) is 24.4 Å². The Morgan fingerprint density at radius 1 is 0.857 bits per heavy atom. The van der Waals surface area contributed by atoms with Crippen LogP contribution in [0.3, 0.4) is 0 Å². The predicted molar refractivity (Wildman–Crippen MR) is 114 cm³/mol. The van der Waals surface area contributed by atoms with Crippen molar-refractivity contribution >= 4 is 27.0 Å². The number of nitrogens with one attached hydrogen (secondary N) is 1. The molecule has 0 bridgehead atoms. The second kappa shape index (κ2) is 7.11. The molecule has 0 atom stereocenters. The van der Waals surface area contributed by atoms with Crippen molar-refractivity contribution in [3.05, 3.63) is 102 Å². The van der Waals surface area contributed by atoms with Crippen molar-refractivity contribution in [2.45, 2.75) is 16.6 Å². The molecule has 1 fully saturated rings. The van der Waals surface area contributed by atoms with Crippen molar-refractivity contribution in [3.8, 4) is 0 Å². The highest BCUT2D eigenvalue weighted by molar-refractivity contribution is 8.16. The molecule has 0 aliphatic carbocycles. The average Bonchev–Trinajstić information content (AvgIpc) is 3.09. The van der Waals surface area contributed by atoms with Crippen LogP contribution in [0.5, 0.6) is 0 Å². The van der Waals surface area contributed by atoms with E-state index in [1.165, 1.54) is 16.1 Å². The molecule has 0 unspecified atom stereocenters. The number of rotatable bonds is 4. The zero-order chi connectivity index (χ0) is 19.8. The van der Waals surface area contributed by atoms with Gasteiger partial charge < -0.3 is 0 Å². The van der Waals surface area contributed by atoms with E-state index in [0.717, 1.165) is 16.7 Å². The lowest BCUT2D eigenvalue weighted by Crippen LogP contribution is -2.36. The van der Waals surface area contributed by atoms with Crippen LogP contribution >= 0.6 is 11.8 Å². The van der Waals surface area contributed by atoms with Gasteiger partial charge in [0, 0.05) is 0 Å². The summed E-state index contributed by atoms with van der Waals surface area (Å²) in [6, 6.07) is 26.4. The molecule has 6 heteroatoms. The number of amidine groups is 1. The van der Waals surface area contributed by atoms with Crippen molar-refractivity contribution in [1.82, 2.24) is 4.31 Å². The molecule has 4 rings (SSSR count). The van der Waals surface area contributed by atoms with Gasteiger partial charge in [0.25, 0.3) is 10.0 Å². The van der Waals surface area contributed by atoms with Gasteiger partial charge in [-0.2, -0.15) is 0 Å². The standard InChI is InChI=1S/C22H20N2O2S2/c1-17-12-14-20(15-13-17)28(25,26)24-16-22(27-21(24)23,18-8-4-2-5-9-18)19-10-6-3-7-11-19/h2-15,23H,16H2,1H3. The Morgan fingerprint density at radius 3 is 1.86 bits per heavy atom. The SMILES string of the molecule is Cc1ccc(S(=O)(=O)N2CC(c3ccccc3)(c3ccccc3)SC2=N)cc1. The van der Waals surface area contributed by atoms with Gasteiger partial charge in [-0.15, -0.1) is 0 Å². The van der Waals surface area contributed by atoms with Crippen molar-refractivity contribution in [1.29, 1.82) is 5.41 Å². The molecule has 3 aromatic carbocycles. The van der Waals surface area contributed by atoms with Gasteiger partial charge in [-0.1, -0.05) is 90.1 Å². The van der Waals surface area contributed by atoms with E-state index in [1.807, 2.05) is 67.6 Å². The minimum absolute atomic E-state index is 0.0354. The zero-order valence-electron chi connectivity index (χ0n) is 15.4. The van der Waals surface area contributed by atoms with Crippen molar-refractivity contribution in [2.24, 2.45) is 0 Å². The summed E-state index contributed by atoms with van der Waals surface area (Å²) in [7, 11) is -3.80. The molecule has 1 saturated heterocycles. The molecule has 3 aromatic rings. The van der Waals surface area contributed by atoms with E-state index < -0.39 is 14.8 Å². The molecule has 142 valence electrons. The van der Waals surface area contributed by atoms with Gasteiger partial charge in [-0.05, 0) is 30.2 Å². The average molecular weight is 409 g/mol. The Labute approximate surface area is 169 Å². The largest absolute Gasteiger partial charge is 0.278 e. The monoisotopic (exact) mass is 408 g/mol. The van der Waals surface area contributed by atoms with Gasteiger partial charge in [-0.25, -0.2) is 12.7 Å². The van der Waals surface area contributed by atoms with Crippen molar-refractivity contribution in [3.63, 3.8) is 0 Å². The van der Waals surface area contributed by atoms with Gasteiger partial charge in [0.15, 0.2) is 5.17 Å². The van der Waals surface area contributed by atoms with E-state index in [0.29, 0.717) is 0 Å². The molecule has 1 aliphatic rings. The molecular formula is C22H20N2O2S2. The summed E-state index contributed by atoms with van der Waals surface area (Å²) in [6.07, 6.45) is 0. The van der Waals surface area contributed by atoms with Crippen LogP contribution in [-0.2, 0) is 14.8 Å². The zero-order valence-corrected chi connectivity index (χ0v) is 17.0. The van der Waals surface area contributed by atoms with Crippen LogP contribution in [0.4, 0.5) is 0 Å². The van der Waals surface area contributed by atoms with Gasteiger partial charge in [0.2, 0.25) is 0 Å². The Balaban J connectivity index is 1.82. The third-order valence-corrected chi connectivity index (χ3v) is 8.19.